The van der Waals surface area contributed by atoms with Crippen LogP contribution in [-0.4, -0.2) is 34.1 Å². The molecule has 1 heterocycles. The largest absolute Gasteiger partial charge is 0.489 e. The minimum absolute atomic E-state index is 0.374. The number of benzene rings is 3. The van der Waals surface area contributed by atoms with E-state index in [-0.39, 0.29) is 0 Å². The van der Waals surface area contributed by atoms with E-state index in [4.69, 9.17) is 4.74 Å². The van der Waals surface area contributed by atoms with Crippen molar-refractivity contribution in [3.63, 3.8) is 0 Å². The SMILES string of the molecule is CN(c1cc(-c2ccc(OCc3ccccc3)cc2)ncn1)C(Cc1ccccc1)C(=O)O. The van der Waals surface area contributed by atoms with Gasteiger partial charge in [0.2, 0.25) is 0 Å². The fraction of sp³-hybridized carbons (Fsp3) is 0.148. The maximum Gasteiger partial charge on any atom is 0.326 e. The first-order valence-corrected chi connectivity index (χ1v) is 10.7. The third kappa shape index (κ3) is 5.74. The average Bonchev–Trinajstić information content (AvgIpc) is 2.87. The second-order valence-electron chi connectivity index (χ2n) is 7.71. The molecule has 0 aliphatic carbocycles. The number of carbonyl (C=O) groups is 1. The van der Waals surface area contributed by atoms with E-state index < -0.39 is 12.0 Å². The molecule has 3 aromatic carbocycles. The number of likely N-dealkylation sites (N-methyl/N-ethyl adjacent to an activating group) is 1. The fourth-order valence-electron chi connectivity index (χ4n) is 3.55. The number of aromatic nitrogens is 2. The molecule has 1 unspecified atom stereocenters. The van der Waals surface area contributed by atoms with Crippen LogP contribution in [0.1, 0.15) is 11.1 Å². The van der Waals surface area contributed by atoms with Crippen LogP contribution in [0.5, 0.6) is 5.75 Å². The third-order valence-electron chi connectivity index (χ3n) is 5.44. The topological polar surface area (TPSA) is 75.5 Å². The molecule has 6 heteroatoms. The lowest BCUT2D eigenvalue weighted by molar-refractivity contribution is -0.138. The Labute approximate surface area is 193 Å². The molecule has 1 N–H and O–H groups in total. The van der Waals surface area contributed by atoms with Gasteiger partial charge in [0.05, 0.1) is 5.69 Å². The van der Waals surface area contributed by atoms with E-state index in [1.54, 1.807) is 18.0 Å². The molecule has 0 saturated heterocycles. The van der Waals surface area contributed by atoms with Crippen LogP contribution in [0.15, 0.2) is 97.3 Å². The predicted molar refractivity (Wildman–Crippen MR) is 128 cm³/mol. The van der Waals surface area contributed by atoms with E-state index >= 15 is 0 Å². The molecule has 0 aliphatic rings. The van der Waals surface area contributed by atoms with Crippen molar-refractivity contribution in [1.82, 2.24) is 9.97 Å². The highest BCUT2D eigenvalue weighted by Crippen LogP contribution is 2.24. The van der Waals surface area contributed by atoms with Gasteiger partial charge in [0, 0.05) is 25.1 Å². The van der Waals surface area contributed by atoms with Crippen molar-refractivity contribution in [2.45, 2.75) is 19.1 Å². The number of carboxylic acid groups (broad SMARTS) is 1. The van der Waals surface area contributed by atoms with Crippen molar-refractivity contribution in [3.05, 3.63) is 108 Å². The van der Waals surface area contributed by atoms with Crippen molar-refractivity contribution in [2.75, 3.05) is 11.9 Å². The summed E-state index contributed by atoms with van der Waals surface area (Å²) in [6, 6.07) is 28.3. The van der Waals surface area contributed by atoms with Gasteiger partial charge in [-0.2, -0.15) is 0 Å². The molecule has 0 saturated carbocycles. The molecule has 0 spiro atoms. The number of rotatable bonds is 9. The molecule has 0 aliphatic heterocycles. The van der Waals surface area contributed by atoms with Gasteiger partial charge >= 0.3 is 5.97 Å². The molecule has 4 aromatic rings. The molecule has 1 aromatic heterocycles. The molecule has 0 radical (unpaired) electrons. The van der Waals surface area contributed by atoms with Gasteiger partial charge in [-0.25, -0.2) is 14.8 Å². The average molecular weight is 440 g/mol. The van der Waals surface area contributed by atoms with Gasteiger partial charge in [-0.15, -0.1) is 0 Å². The standard InChI is InChI=1S/C27H25N3O3/c1-30(25(27(31)32)16-20-8-4-2-5-9-20)26-17-24(28-19-29-26)22-12-14-23(15-13-22)33-18-21-10-6-3-7-11-21/h2-15,17,19,25H,16,18H2,1H3,(H,31,32). The van der Waals surface area contributed by atoms with Gasteiger partial charge in [-0.05, 0) is 35.4 Å². The molecule has 6 nitrogen and oxygen atoms in total. The van der Waals surface area contributed by atoms with E-state index in [0.29, 0.717) is 24.5 Å². The van der Waals surface area contributed by atoms with E-state index in [1.165, 1.54) is 6.33 Å². The number of hydrogen-bond acceptors (Lipinski definition) is 5. The summed E-state index contributed by atoms with van der Waals surface area (Å²) in [5, 5.41) is 9.82. The normalized spacial score (nSPS) is 11.5. The third-order valence-corrected chi connectivity index (χ3v) is 5.44. The van der Waals surface area contributed by atoms with Crippen LogP contribution in [-0.2, 0) is 17.8 Å². The van der Waals surface area contributed by atoms with Crippen LogP contribution in [0, 0.1) is 0 Å². The molecule has 0 amide bonds. The van der Waals surface area contributed by atoms with Gasteiger partial charge < -0.3 is 14.7 Å². The Hall–Kier alpha value is -4.19. The van der Waals surface area contributed by atoms with Crippen molar-refractivity contribution in [2.24, 2.45) is 0 Å². The van der Waals surface area contributed by atoms with Crippen LogP contribution in [0.3, 0.4) is 0 Å². The maximum absolute atomic E-state index is 12.0. The van der Waals surface area contributed by atoms with Crippen LogP contribution in [0.25, 0.3) is 11.3 Å². The Morgan fingerprint density at radius 1 is 0.909 bits per heavy atom. The zero-order valence-corrected chi connectivity index (χ0v) is 18.3. The predicted octanol–water partition coefficient (Wildman–Crippen LogP) is 4.85. The Balaban J connectivity index is 1.47. The van der Waals surface area contributed by atoms with Crippen LogP contribution in [0.4, 0.5) is 5.82 Å². The minimum atomic E-state index is -0.901. The highest BCUT2D eigenvalue weighted by Gasteiger charge is 2.24. The number of carboxylic acids is 1. The quantitative estimate of drug-likeness (QED) is 0.402. The van der Waals surface area contributed by atoms with Crippen LogP contribution >= 0.6 is 0 Å². The summed E-state index contributed by atoms with van der Waals surface area (Å²) in [7, 11) is 1.74. The van der Waals surface area contributed by atoms with Crippen LogP contribution in [0.2, 0.25) is 0 Å². The molecule has 1 atom stereocenters. The summed E-state index contributed by atoms with van der Waals surface area (Å²) >= 11 is 0. The first kappa shape index (κ1) is 22.0. The molecule has 33 heavy (non-hydrogen) atoms. The van der Waals surface area contributed by atoms with Crippen molar-refractivity contribution in [3.8, 4) is 17.0 Å². The Morgan fingerprint density at radius 3 is 2.18 bits per heavy atom. The van der Waals surface area contributed by atoms with Crippen molar-refractivity contribution in [1.29, 1.82) is 0 Å². The first-order valence-electron chi connectivity index (χ1n) is 10.7. The lowest BCUT2D eigenvalue weighted by atomic mass is 10.0. The number of aliphatic carboxylic acids is 1. The summed E-state index contributed by atoms with van der Waals surface area (Å²) in [5.41, 5.74) is 3.67. The molecule has 4 rings (SSSR count). The van der Waals surface area contributed by atoms with E-state index in [9.17, 15) is 9.90 Å². The zero-order valence-electron chi connectivity index (χ0n) is 18.3. The zero-order chi connectivity index (χ0) is 23.0. The molecule has 0 bridgehead atoms. The lowest BCUT2D eigenvalue weighted by Gasteiger charge is -2.26. The summed E-state index contributed by atoms with van der Waals surface area (Å²) in [4.78, 5) is 22.3. The second-order valence-corrected chi connectivity index (χ2v) is 7.71. The summed E-state index contributed by atoms with van der Waals surface area (Å²) in [6.45, 7) is 0.501. The second kappa shape index (κ2) is 10.4. The molecular weight excluding hydrogens is 414 g/mol. The molecule has 166 valence electrons. The Kier molecular flexibility index (Phi) is 6.95. The number of anilines is 1. The Morgan fingerprint density at radius 2 is 1.55 bits per heavy atom. The number of ether oxygens (including phenoxy) is 1. The summed E-state index contributed by atoms with van der Waals surface area (Å²) < 4.78 is 5.85. The summed E-state index contributed by atoms with van der Waals surface area (Å²) in [5.74, 6) is 0.414. The Bertz CT molecular complexity index is 1180. The van der Waals surface area contributed by atoms with E-state index in [0.717, 1.165) is 22.4 Å². The van der Waals surface area contributed by atoms with E-state index in [2.05, 4.69) is 9.97 Å². The summed E-state index contributed by atoms with van der Waals surface area (Å²) in [6.07, 6.45) is 1.84. The minimum Gasteiger partial charge on any atom is -0.489 e. The lowest BCUT2D eigenvalue weighted by Crippen LogP contribution is -2.40. The van der Waals surface area contributed by atoms with Gasteiger partial charge in [-0.3, -0.25) is 0 Å². The van der Waals surface area contributed by atoms with Crippen molar-refractivity contribution >= 4 is 11.8 Å². The smallest absolute Gasteiger partial charge is 0.326 e. The van der Waals surface area contributed by atoms with Gasteiger partial charge in [0.1, 0.15) is 30.5 Å². The highest BCUT2D eigenvalue weighted by atomic mass is 16.5. The fourth-order valence-corrected chi connectivity index (χ4v) is 3.55. The monoisotopic (exact) mass is 439 g/mol. The molecule has 0 fully saturated rings. The van der Waals surface area contributed by atoms with E-state index in [1.807, 2.05) is 84.9 Å². The number of hydrogen-bond donors (Lipinski definition) is 1. The van der Waals surface area contributed by atoms with Crippen molar-refractivity contribution < 1.29 is 14.6 Å². The van der Waals surface area contributed by atoms with Gasteiger partial charge in [0.25, 0.3) is 0 Å². The van der Waals surface area contributed by atoms with Gasteiger partial charge in [0.15, 0.2) is 0 Å². The van der Waals surface area contributed by atoms with Crippen LogP contribution < -0.4 is 9.64 Å². The molecular formula is C27H25N3O3. The maximum atomic E-state index is 12.0. The van der Waals surface area contributed by atoms with Gasteiger partial charge in [-0.1, -0.05) is 60.7 Å². The highest BCUT2D eigenvalue weighted by molar-refractivity contribution is 5.78. The number of nitrogens with zero attached hydrogens (tertiary/aromatic N) is 3. The first-order chi connectivity index (χ1) is 16.1.